The zero-order chi connectivity index (χ0) is 90.8. The maximum Gasteiger partial charge on any atom is 1.20 e. The van der Waals surface area contributed by atoms with Gasteiger partial charge < -0.3 is 25.8 Å². The van der Waals surface area contributed by atoms with Gasteiger partial charge in [0.1, 0.15) is 33.8 Å². The van der Waals surface area contributed by atoms with Crippen LogP contribution in [0.3, 0.4) is 0 Å². The summed E-state index contributed by atoms with van der Waals surface area (Å²) in [6, 6.07) is 166. The molecule has 1 aliphatic carbocycles. The van der Waals surface area contributed by atoms with Crippen molar-refractivity contribution in [2.24, 2.45) is 0 Å². The molecule has 0 saturated heterocycles. The smallest absolute Gasteiger partial charge is 0.576 e. The van der Waals surface area contributed by atoms with E-state index in [4.69, 9.17) is 11.4 Å². The van der Waals surface area contributed by atoms with Gasteiger partial charge in [0.25, 0.3) is 0 Å². The van der Waals surface area contributed by atoms with Crippen molar-refractivity contribution in [2.75, 3.05) is 4.90 Å². The number of thiophene rings is 1. The van der Waals surface area contributed by atoms with Crippen molar-refractivity contribution in [2.45, 2.75) is 26.7 Å². The van der Waals surface area contributed by atoms with Gasteiger partial charge in [-0.05, 0) is 232 Å². The van der Waals surface area contributed by atoms with Crippen molar-refractivity contribution in [1.82, 2.24) is 24.5 Å². The molecule has 6 heterocycles. The van der Waals surface area contributed by atoms with E-state index in [1.54, 1.807) is 24.8 Å². The van der Waals surface area contributed by atoms with Gasteiger partial charge in [0.15, 0.2) is 0 Å². The van der Waals surface area contributed by atoms with Crippen molar-refractivity contribution in [3.63, 3.8) is 0 Å². The van der Waals surface area contributed by atoms with E-state index < -0.39 is 15.1 Å². The van der Waals surface area contributed by atoms with Gasteiger partial charge in [0.05, 0.1) is 11.0 Å². The molecule has 0 fully saturated rings. The van der Waals surface area contributed by atoms with Gasteiger partial charge >= 0.3 is 15.1 Å². The Bertz CT molecular complexity index is 8500. The Labute approximate surface area is 835 Å². The third kappa shape index (κ3) is 18.0. The summed E-state index contributed by atoms with van der Waals surface area (Å²) in [6.45, 7) is 4.70. The molecule has 0 aliphatic heterocycles. The van der Waals surface area contributed by atoms with Gasteiger partial charge in [-0.15, -0.1) is 47.2 Å². The predicted molar refractivity (Wildman–Crippen MR) is 588 cm³/mol. The Hall–Kier alpha value is -15.8. The molecule has 1 aliphatic rings. The minimum absolute atomic E-state index is 0. The topological polar surface area (TPSA) is 87.4 Å². The monoisotopic (exact) mass is 2020 g/mol. The van der Waals surface area contributed by atoms with E-state index in [1.165, 1.54) is 147 Å². The number of anilines is 3. The SMILES string of the molecule is C.CC1(C)c2ccccc2-c2ccc(N(c3ccc(-c4ccccc4)cc3)c3ccc(-c4ccc5c(c4)c4ccccc4n5-c4ccccc4)cc3)cc21.P.[HH].[Ir].[c-]1ccccc1-c1ccccn1.c1cc(-c2ccc3c4ccccc4c4ccccc4c3c2)cc(-c2cccc3c2sc2ccccc23)c1.c1cnc2c([O][Al]([O]c3cccc4cccnc34)[O]c3cccc4cccnc34)cccc2c1. The van der Waals surface area contributed by atoms with Gasteiger partial charge in [-0.2, -0.15) is 9.90 Å². The van der Waals surface area contributed by atoms with Crippen LogP contribution >= 0.6 is 21.2 Å². The molecule has 19 aromatic carbocycles. The van der Waals surface area contributed by atoms with Gasteiger partial charge in [0.2, 0.25) is 0 Å². The van der Waals surface area contributed by atoms with E-state index in [0.29, 0.717) is 17.2 Å². The fourth-order valence-electron chi connectivity index (χ4n) is 19.4. The summed E-state index contributed by atoms with van der Waals surface area (Å²) >= 11 is -0.967. The van der Waals surface area contributed by atoms with Crippen molar-refractivity contribution in [3.05, 3.63) is 503 Å². The van der Waals surface area contributed by atoms with E-state index in [-0.39, 0.29) is 44.3 Å². The van der Waals surface area contributed by atoms with Crippen LogP contribution in [-0.4, -0.2) is 39.7 Å². The van der Waals surface area contributed by atoms with Gasteiger partial charge in [-0.3, -0.25) is 15.0 Å². The number of benzene rings is 19. The molecule has 1 atom stereocenters. The summed E-state index contributed by atoms with van der Waals surface area (Å²) < 4.78 is 24.3. The first-order valence-corrected chi connectivity index (χ1v) is 48.1. The number of hydrogen-bond acceptors (Lipinski definition) is 9. The average Bonchev–Trinajstić information content (AvgIpc) is 0.907. The van der Waals surface area contributed by atoms with E-state index in [1.807, 2.05) is 145 Å². The van der Waals surface area contributed by atoms with E-state index in [2.05, 4.69) is 377 Å². The molecule has 6 aromatic heterocycles. The van der Waals surface area contributed by atoms with Crippen LogP contribution in [-0.2, 0) is 25.5 Å². The summed E-state index contributed by atoms with van der Waals surface area (Å²) in [7, 11) is 0. The van der Waals surface area contributed by atoms with Crippen molar-refractivity contribution in [3.8, 4) is 89.8 Å². The van der Waals surface area contributed by atoms with Crippen LogP contribution in [0.1, 0.15) is 33.8 Å². The Morgan fingerprint density at radius 1 is 0.309 bits per heavy atom. The fraction of sp³-hybridized carbons (Fsp3) is 0.0317. The van der Waals surface area contributed by atoms with Gasteiger partial charge in [0, 0.05) is 122 Å². The third-order valence-corrected chi connectivity index (χ3v) is 28.5. The molecule has 9 nitrogen and oxygen atoms in total. The summed E-state index contributed by atoms with van der Waals surface area (Å²) in [6.07, 6.45) is 7.03. The molecule has 26 rings (SSSR count). The Morgan fingerprint density at radius 3 is 1.36 bits per heavy atom. The molecule has 1 unspecified atom stereocenters. The first-order valence-electron chi connectivity index (χ1n) is 45.8. The normalized spacial score (nSPS) is 11.6. The number of para-hydroxylation sites is 5. The second kappa shape index (κ2) is 40.2. The van der Waals surface area contributed by atoms with E-state index in [0.717, 1.165) is 61.0 Å². The predicted octanol–water partition coefficient (Wildman–Crippen LogP) is 34.1. The molecule has 0 N–H and O–H groups in total. The summed E-state index contributed by atoms with van der Waals surface area (Å²) in [5.41, 5.74) is 26.5. The van der Waals surface area contributed by atoms with Crippen LogP contribution in [0.15, 0.2) is 486 Å². The fourth-order valence-corrected chi connectivity index (χ4v) is 22.0. The van der Waals surface area contributed by atoms with Crippen molar-refractivity contribution in [1.29, 1.82) is 0 Å². The van der Waals surface area contributed by atoms with Crippen LogP contribution in [0.2, 0.25) is 0 Å². The van der Waals surface area contributed by atoms with Crippen LogP contribution in [0, 0.1) is 6.07 Å². The van der Waals surface area contributed by atoms with Gasteiger partial charge in [-0.1, -0.05) is 331 Å². The Morgan fingerprint density at radius 2 is 0.741 bits per heavy atom. The van der Waals surface area contributed by atoms with Crippen molar-refractivity contribution < 1.29 is 32.9 Å². The molecule has 25 aromatic rings. The maximum atomic E-state index is 6.41. The number of pyridine rings is 4. The maximum absolute atomic E-state index is 6.41. The zero-order valence-electron chi connectivity index (χ0n) is 75.6. The minimum Gasteiger partial charge on any atom is -0.576 e. The second-order valence-electron chi connectivity index (χ2n) is 34.5. The second-order valence-corrected chi connectivity index (χ2v) is 36.8. The summed E-state index contributed by atoms with van der Waals surface area (Å²) in [4.78, 5) is 20.1. The number of hydrogen-bond donors (Lipinski definition) is 0. The largest absolute Gasteiger partial charge is 1.20 e. The molecule has 0 amide bonds. The average molecular weight is 2020 g/mol. The standard InChI is InChI=1S/C51H38N2.C36H22S.C11H8N.3C9H7NO.CH4.Al.Ir.H3P.H2/c1-51(2)47-19-11-9-17-43(47)44-31-30-42(34-48(44)51)52(40-26-21-36(22-27-40)35-13-5-3-6-14-35)41-28-23-37(24-29-41)38-25-32-50-46(33-38)45-18-10-12-20-49(45)53(50)39-15-7-4-8-16-39;1-2-13-29-27(11-1)28-12-3-4-14-30(28)34-22-24(19-20-31(29)34)23-9-7-10-25(21-23)26-16-8-17-33-32-15-5-6-18-35(32)37-36(26)33;1-2-6-10(7-3-1)11-8-4-5-9-12-11;3*11-8-5-1-3-7-4-2-6-10-9(7)8;;;;;/h3-34H,1-2H3;1-22H;1-6,8-9H;3*1-6,11H;1H4;;;1H3;1H/q;;-1;;;;;+3;;;/p-3. The van der Waals surface area contributed by atoms with Crippen LogP contribution in [0.4, 0.5) is 17.1 Å². The molecule has 139 heavy (non-hydrogen) atoms. The van der Waals surface area contributed by atoms with Crippen molar-refractivity contribution >= 4 is 160 Å². The Kier molecular flexibility index (Phi) is 26.3. The van der Waals surface area contributed by atoms with Gasteiger partial charge in [-0.25, -0.2) is 0 Å². The minimum atomic E-state index is -2.86. The number of rotatable bonds is 15. The van der Waals surface area contributed by atoms with Crippen LogP contribution < -0.4 is 16.3 Å². The quantitative estimate of drug-likeness (QED) is 0.0434. The van der Waals surface area contributed by atoms with E-state index in [9.17, 15) is 0 Å². The molecule has 671 valence electrons. The molecular weight excluding hydrogens is 1930 g/mol. The first kappa shape index (κ1) is 91.0. The van der Waals surface area contributed by atoms with Crippen LogP contribution in [0.5, 0.6) is 17.2 Å². The zero-order valence-corrected chi connectivity index (χ0v) is 81.4. The molecule has 0 saturated carbocycles. The number of aromatic nitrogens is 5. The molecule has 1 radical (unpaired) electrons. The summed E-state index contributed by atoms with van der Waals surface area (Å²) in [5.74, 6) is 1.82. The third-order valence-electron chi connectivity index (χ3n) is 26.0. The Balaban J connectivity index is 0.000000127. The molecule has 0 spiro atoms. The van der Waals surface area contributed by atoms with E-state index >= 15 is 0 Å². The summed E-state index contributed by atoms with van der Waals surface area (Å²) in [5, 5.41) is 16.0. The number of fused-ring (bicyclic) bond motifs is 18. The first-order chi connectivity index (χ1) is 67.2. The molecule has 13 heteroatoms. The van der Waals surface area contributed by atoms with Crippen LogP contribution in [0.25, 0.3) is 180 Å². The number of nitrogens with zero attached hydrogens (tertiary/aromatic N) is 6. The molecular formula is C126H95AlIrN6O3PS-. The molecule has 0 bridgehead atoms.